The Bertz CT molecular complexity index is 705. The molecule has 22 heavy (non-hydrogen) atoms. The van der Waals surface area contributed by atoms with E-state index < -0.39 is 0 Å². The minimum absolute atomic E-state index is 0.0794. The summed E-state index contributed by atoms with van der Waals surface area (Å²) in [6.07, 6.45) is 2.22. The Morgan fingerprint density at radius 2 is 2.09 bits per heavy atom. The van der Waals surface area contributed by atoms with Crippen molar-refractivity contribution in [2.75, 3.05) is 11.9 Å². The Morgan fingerprint density at radius 1 is 1.18 bits per heavy atom. The molecule has 0 unspecified atom stereocenters. The van der Waals surface area contributed by atoms with Crippen LogP contribution < -0.4 is 5.32 Å². The second kappa shape index (κ2) is 5.67. The SMILES string of the molecule is Fc1cccc([C@@H]2Nc3ccc(Br)cc3[C@@H]3OCCC[C@H]23)c1. The van der Waals surface area contributed by atoms with E-state index in [-0.39, 0.29) is 18.0 Å². The first-order chi connectivity index (χ1) is 10.7. The fourth-order valence-corrected chi connectivity index (χ4v) is 4.05. The molecule has 0 amide bonds. The highest BCUT2D eigenvalue weighted by Gasteiger charge is 2.39. The maximum atomic E-state index is 13.6. The number of benzene rings is 2. The first-order valence-corrected chi connectivity index (χ1v) is 8.45. The van der Waals surface area contributed by atoms with Crippen LogP contribution in [0.15, 0.2) is 46.9 Å². The van der Waals surface area contributed by atoms with Crippen LogP contribution in [-0.2, 0) is 4.74 Å². The Morgan fingerprint density at radius 3 is 2.95 bits per heavy atom. The molecule has 0 saturated carbocycles. The molecule has 0 spiro atoms. The third kappa shape index (κ3) is 2.44. The fraction of sp³-hybridized carbons (Fsp3) is 0.333. The lowest BCUT2D eigenvalue weighted by atomic mass is 9.77. The Kier molecular flexibility index (Phi) is 3.66. The van der Waals surface area contributed by atoms with Gasteiger partial charge in [0.2, 0.25) is 0 Å². The van der Waals surface area contributed by atoms with Gasteiger partial charge in [0, 0.05) is 28.2 Å². The third-order valence-corrected chi connectivity index (χ3v) is 5.13. The van der Waals surface area contributed by atoms with E-state index in [1.807, 2.05) is 12.1 Å². The zero-order valence-electron chi connectivity index (χ0n) is 12.1. The van der Waals surface area contributed by atoms with E-state index in [2.05, 4.69) is 33.4 Å². The number of hydrogen-bond donors (Lipinski definition) is 1. The van der Waals surface area contributed by atoms with Gasteiger partial charge in [0.25, 0.3) is 0 Å². The summed E-state index contributed by atoms with van der Waals surface area (Å²) in [6.45, 7) is 0.795. The first-order valence-electron chi connectivity index (χ1n) is 7.65. The van der Waals surface area contributed by atoms with Crippen molar-refractivity contribution in [2.24, 2.45) is 5.92 Å². The van der Waals surface area contributed by atoms with Gasteiger partial charge >= 0.3 is 0 Å². The lowest BCUT2D eigenvalue weighted by Crippen LogP contribution is -2.36. The molecule has 3 atom stereocenters. The molecule has 2 heterocycles. The summed E-state index contributed by atoms with van der Waals surface area (Å²) in [7, 11) is 0. The molecule has 2 aromatic carbocycles. The molecule has 0 radical (unpaired) electrons. The molecule has 1 saturated heterocycles. The summed E-state index contributed by atoms with van der Waals surface area (Å²) < 4.78 is 20.8. The molecule has 2 aliphatic rings. The van der Waals surface area contributed by atoms with E-state index >= 15 is 0 Å². The quantitative estimate of drug-likeness (QED) is 0.751. The van der Waals surface area contributed by atoms with Crippen LogP contribution in [0.2, 0.25) is 0 Å². The van der Waals surface area contributed by atoms with Gasteiger partial charge in [0.1, 0.15) is 5.82 Å². The van der Waals surface area contributed by atoms with Gasteiger partial charge in [0.05, 0.1) is 12.1 Å². The molecule has 4 heteroatoms. The van der Waals surface area contributed by atoms with Crippen molar-refractivity contribution in [1.29, 1.82) is 0 Å². The van der Waals surface area contributed by atoms with Crippen LogP contribution in [0.5, 0.6) is 0 Å². The van der Waals surface area contributed by atoms with Crippen LogP contribution in [0.4, 0.5) is 10.1 Å². The number of fused-ring (bicyclic) bond motifs is 3. The largest absolute Gasteiger partial charge is 0.378 e. The highest BCUT2D eigenvalue weighted by Crippen LogP contribution is 2.49. The fourth-order valence-electron chi connectivity index (χ4n) is 3.67. The monoisotopic (exact) mass is 361 g/mol. The summed E-state index contributed by atoms with van der Waals surface area (Å²) in [5, 5.41) is 3.60. The zero-order chi connectivity index (χ0) is 15.1. The molecule has 114 valence electrons. The predicted molar refractivity (Wildman–Crippen MR) is 88.3 cm³/mol. The van der Waals surface area contributed by atoms with E-state index in [1.165, 1.54) is 11.6 Å². The minimum atomic E-state index is -0.186. The Labute approximate surface area is 137 Å². The van der Waals surface area contributed by atoms with Crippen LogP contribution in [-0.4, -0.2) is 6.61 Å². The number of anilines is 1. The maximum absolute atomic E-state index is 13.6. The molecule has 0 aromatic heterocycles. The van der Waals surface area contributed by atoms with Crippen LogP contribution in [0.1, 0.15) is 36.1 Å². The van der Waals surface area contributed by atoms with Crippen LogP contribution in [0.3, 0.4) is 0 Å². The molecule has 1 N–H and O–H groups in total. The highest BCUT2D eigenvalue weighted by atomic mass is 79.9. The predicted octanol–water partition coefficient (Wildman–Crippen LogP) is 5.22. The number of nitrogens with one attached hydrogen (secondary N) is 1. The standard InChI is InChI=1S/C18H17BrFNO/c19-12-6-7-16-15(10-12)18-14(5-2-8-22-18)17(21-16)11-3-1-4-13(20)9-11/h1,3-4,6-7,9-10,14,17-18,21H,2,5,8H2/t14-,17+,18-/m1/s1. The topological polar surface area (TPSA) is 21.3 Å². The molecule has 2 aliphatic heterocycles. The summed E-state index contributed by atoms with van der Waals surface area (Å²) in [4.78, 5) is 0. The van der Waals surface area contributed by atoms with Crippen molar-refractivity contribution >= 4 is 21.6 Å². The lowest BCUT2D eigenvalue weighted by Gasteiger charge is -2.43. The van der Waals surface area contributed by atoms with Crippen LogP contribution in [0.25, 0.3) is 0 Å². The van der Waals surface area contributed by atoms with Gasteiger partial charge in [0.15, 0.2) is 0 Å². The molecule has 0 aliphatic carbocycles. The summed E-state index contributed by atoms with van der Waals surface area (Å²) in [6, 6.07) is 13.2. The zero-order valence-corrected chi connectivity index (χ0v) is 13.6. The van der Waals surface area contributed by atoms with Crippen LogP contribution in [0, 0.1) is 11.7 Å². The van der Waals surface area contributed by atoms with Gasteiger partial charge in [-0.1, -0.05) is 28.1 Å². The van der Waals surface area contributed by atoms with E-state index in [9.17, 15) is 4.39 Å². The normalized spacial score (nSPS) is 26.7. The van der Waals surface area contributed by atoms with Crippen molar-refractivity contribution in [2.45, 2.75) is 25.0 Å². The number of rotatable bonds is 1. The van der Waals surface area contributed by atoms with Gasteiger partial charge in [-0.05, 0) is 48.7 Å². The maximum Gasteiger partial charge on any atom is 0.123 e. The number of halogens is 2. The molecule has 4 rings (SSSR count). The molecular weight excluding hydrogens is 345 g/mol. The average Bonchev–Trinajstić information content (AvgIpc) is 2.54. The van der Waals surface area contributed by atoms with Gasteiger partial charge in [-0.3, -0.25) is 0 Å². The van der Waals surface area contributed by atoms with Crippen molar-refractivity contribution in [1.82, 2.24) is 0 Å². The second-order valence-electron chi connectivity index (χ2n) is 6.01. The summed E-state index contributed by atoms with van der Waals surface area (Å²) >= 11 is 3.54. The second-order valence-corrected chi connectivity index (χ2v) is 6.92. The smallest absolute Gasteiger partial charge is 0.123 e. The lowest BCUT2D eigenvalue weighted by molar-refractivity contribution is -0.0381. The molecule has 1 fully saturated rings. The molecule has 0 bridgehead atoms. The Hall–Kier alpha value is -1.39. The third-order valence-electron chi connectivity index (χ3n) is 4.64. The summed E-state index contributed by atoms with van der Waals surface area (Å²) in [5.41, 5.74) is 3.28. The van der Waals surface area contributed by atoms with Crippen molar-refractivity contribution in [3.8, 4) is 0 Å². The summed E-state index contributed by atoms with van der Waals surface area (Å²) in [5.74, 6) is 0.145. The highest BCUT2D eigenvalue weighted by molar-refractivity contribution is 9.10. The first kappa shape index (κ1) is 14.2. The van der Waals surface area contributed by atoms with Gasteiger partial charge in [-0.25, -0.2) is 4.39 Å². The van der Waals surface area contributed by atoms with E-state index in [4.69, 9.17) is 4.74 Å². The molecular formula is C18H17BrFNO. The molecule has 2 nitrogen and oxygen atoms in total. The number of ether oxygens (including phenoxy) is 1. The van der Waals surface area contributed by atoms with Gasteiger partial charge < -0.3 is 10.1 Å². The van der Waals surface area contributed by atoms with Crippen molar-refractivity contribution < 1.29 is 9.13 Å². The van der Waals surface area contributed by atoms with E-state index in [1.54, 1.807) is 12.1 Å². The van der Waals surface area contributed by atoms with Crippen LogP contribution >= 0.6 is 15.9 Å². The van der Waals surface area contributed by atoms with Gasteiger partial charge in [-0.2, -0.15) is 0 Å². The minimum Gasteiger partial charge on any atom is -0.378 e. The van der Waals surface area contributed by atoms with E-state index in [0.29, 0.717) is 5.92 Å². The van der Waals surface area contributed by atoms with E-state index in [0.717, 1.165) is 35.2 Å². The van der Waals surface area contributed by atoms with Crippen molar-refractivity contribution in [3.05, 3.63) is 63.9 Å². The van der Waals surface area contributed by atoms with Crippen molar-refractivity contribution in [3.63, 3.8) is 0 Å². The average molecular weight is 362 g/mol. The van der Waals surface area contributed by atoms with Gasteiger partial charge in [-0.15, -0.1) is 0 Å². The number of hydrogen-bond acceptors (Lipinski definition) is 2. The molecule has 2 aromatic rings. The Balaban J connectivity index is 1.79.